The SMILES string of the molecule is COc1ccc([C@@]23CCC(=NNCCc4ccccc4)C[C@@H]2N(C)CC3)cc1OC. The minimum atomic E-state index is 0.164. The maximum atomic E-state index is 5.59. The fraction of sp³-hybridized carbons (Fsp3) is 0.480. The van der Waals surface area contributed by atoms with E-state index >= 15 is 0 Å². The molecule has 2 aromatic rings. The molecule has 1 N–H and O–H groups in total. The first-order valence-electron chi connectivity index (χ1n) is 10.9. The average molecular weight is 408 g/mol. The van der Waals surface area contributed by atoms with Crippen LogP contribution >= 0.6 is 0 Å². The van der Waals surface area contributed by atoms with E-state index in [1.807, 2.05) is 6.07 Å². The number of likely N-dealkylation sites (tertiary alicyclic amines) is 1. The summed E-state index contributed by atoms with van der Waals surface area (Å²) in [5.41, 5.74) is 7.48. The molecule has 0 unspecified atom stereocenters. The van der Waals surface area contributed by atoms with Crippen molar-refractivity contribution in [2.45, 2.75) is 43.6 Å². The summed E-state index contributed by atoms with van der Waals surface area (Å²) >= 11 is 0. The van der Waals surface area contributed by atoms with Crippen molar-refractivity contribution in [2.75, 3.05) is 34.4 Å². The van der Waals surface area contributed by atoms with E-state index in [-0.39, 0.29) is 5.41 Å². The third-order valence-corrected chi connectivity index (χ3v) is 6.93. The molecule has 5 heteroatoms. The molecule has 0 amide bonds. The number of nitrogens with zero attached hydrogens (tertiary/aromatic N) is 2. The molecule has 4 rings (SSSR count). The summed E-state index contributed by atoms with van der Waals surface area (Å²) < 4.78 is 11.0. The predicted octanol–water partition coefficient (Wildman–Crippen LogP) is 4.02. The lowest BCUT2D eigenvalue weighted by atomic mass is 9.65. The molecule has 0 aromatic heterocycles. The van der Waals surface area contributed by atoms with Gasteiger partial charge in [0.25, 0.3) is 0 Å². The van der Waals surface area contributed by atoms with E-state index in [9.17, 15) is 0 Å². The molecule has 1 saturated carbocycles. The van der Waals surface area contributed by atoms with E-state index in [4.69, 9.17) is 14.6 Å². The average Bonchev–Trinajstić information content (AvgIpc) is 3.14. The lowest BCUT2D eigenvalue weighted by Gasteiger charge is -2.42. The van der Waals surface area contributed by atoms with Gasteiger partial charge in [-0.1, -0.05) is 36.4 Å². The standard InChI is InChI=1S/C25H33N3O2/c1-28-16-14-25(20-9-10-22(29-2)23(17-20)30-3)13-11-21(18-24(25)28)27-26-15-12-19-7-5-4-6-8-19/h4-10,17,24,26H,11-16,18H2,1-3H3/t24-,25-/m0/s1. The quantitative estimate of drug-likeness (QED) is 0.556. The predicted molar refractivity (Wildman–Crippen MR) is 122 cm³/mol. The number of likely N-dealkylation sites (N-methyl/N-ethyl adjacent to an activating group) is 1. The highest BCUT2D eigenvalue weighted by molar-refractivity contribution is 5.86. The Morgan fingerprint density at radius 2 is 1.87 bits per heavy atom. The van der Waals surface area contributed by atoms with Gasteiger partial charge >= 0.3 is 0 Å². The number of hydrogen-bond acceptors (Lipinski definition) is 5. The van der Waals surface area contributed by atoms with E-state index in [0.29, 0.717) is 6.04 Å². The van der Waals surface area contributed by atoms with Crippen molar-refractivity contribution in [3.63, 3.8) is 0 Å². The van der Waals surface area contributed by atoms with Gasteiger partial charge in [-0.2, -0.15) is 5.10 Å². The van der Waals surface area contributed by atoms with Gasteiger partial charge < -0.3 is 19.8 Å². The highest BCUT2D eigenvalue weighted by Gasteiger charge is 2.49. The molecular weight excluding hydrogens is 374 g/mol. The van der Waals surface area contributed by atoms with Crippen molar-refractivity contribution in [3.8, 4) is 11.5 Å². The fourth-order valence-corrected chi connectivity index (χ4v) is 5.20. The third-order valence-electron chi connectivity index (χ3n) is 6.93. The number of methoxy groups -OCH3 is 2. The first kappa shape index (κ1) is 20.7. The largest absolute Gasteiger partial charge is 0.493 e. The van der Waals surface area contributed by atoms with Gasteiger partial charge in [-0.05, 0) is 62.5 Å². The number of rotatable bonds is 7. The fourth-order valence-electron chi connectivity index (χ4n) is 5.20. The van der Waals surface area contributed by atoms with Crippen molar-refractivity contribution in [1.82, 2.24) is 10.3 Å². The molecule has 2 fully saturated rings. The molecule has 1 aliphatic heterocycles. The van der Waals surface area contributed by atoms with E-state index in [1.165, 1.54) is 23.3 Å². The summed E-state index contributed by atoms with van der Waals surface area (Å²) in [4.78, 5) is 2.51. The Morgan fingerprint density at radius 1 is 1.07 bits per heavy atom. The zero-order valence-corrected chi connectivity index (χ0v) is 18.4. The lowest BCUT2D eigenvalue weighted by Crippen LogP contribution is -2.46. The van der Waals surface area contributed by atoms with E-state index in [1.54, 1.807) is 14.2 Å². The van der Waals surface area contributed by atoms with Gasteiger partial charge in [0.2, 0.25) is 0 Å². The van der Waals surface area contributed by atoms with Crippen LogP contribution in [0.15, 0.2) is 53.6 Å². The highest BCUT2D eigenvalue weighted by Crippen LogP contribution is 2.49. The van der Waals surface area contributed by atoms with Crippen molar-refractivity contribution in [2.24, 2.45) is 5.10 Å². The second kappa shape index (κ2) is 9.09. The number of benzene rings is 2. The van der Waals surface area contributed by atoms with Gasteiger partial charge in [-0.25, -0.2) is 0 Å². The van der Waals surface area contributed by atoms with Crippen LogP contribution in [-0.4, -0.2) is 51.0 Å². The van der Waals surface area contributed by atoms with Gasteiger partial charge in [-0.3, -0.25) is 0 Å². The van der Waals surface area contributed by atoms with Crippen molar-refractivity contribution in [3.05, 3.63) is 59.7 Å². The maximum absolute atomic E-state index is 5.59. The van der Waals surface area contributed by atoms with Gasteiger partial charge in [0.15, 0.2) is 11.5 Å². The summed E-state index contributed by atoms with van der Waals surface area (Å²) in [6.45, 7) is 1.99. The minimum Gasteiger partial charge on any atom is -0.493 e. The Balaban J connectivity index is 1.46. The van der Waals surface area contributed by atoms with Crippen LogP contribution in [0.3, 0.4) is 0 Å². The van der Waals surface area contributed by atoms with Gasteiger partial charge in [0, 0.05) is 30.1 Å². The zero-order valence-electron chi connectivity index (χ0n) is 18.4. The molecule has 1 saturated heterocycles. The minimum absolute atomic E-state index is 0.164. The maximum Gasteiger partial charge on any atom is 0.161 e. The number of hydrazone groups is 1. The monoisotopic (exact) mass is 407 g/mol. The van der Waals surface area contributed by atoms with Crippen LogP contribution in [0.5, 0.6) is 11.5 Å². The smallest absolute Gasteiger partial charge is 0.161 e. The van der Waals surface area contributed by atoms with E-state index in [0.717, 1.165) is 50.3 Å². The van der Waals surface area contributed by atoms with Crippen LogP contribution in [0.4, 0.5) is 0 Å². The Hall–Kier alpha value is -2.53. The zero-order chi connectivity index (χ0) is 21.0. The summed E-state index contributed by atoms with van der Waals surface area (Å²) in [5, 5.41) is 4.77. The number of nitrogens with one attached hydrogen (secondary N) is 1. The first-order chi connectivity index (χ1) is 14.7. The Kier molecular flexibility index (Phi) is 6.28. The van der Waals surface area contributed by atoms with Crippen LogP contribution in [0.2, 0.25) is 0 Å². The van der Waals surface area contributed by atoms with Gasteiger partial charge in [-0.15, -0.1) is 0 Å². The summed E-state index contributed by atoms with van der Waals surface area (Å²) in [6.07, 6.45) is 5.35. The normalized spacial score (nSPS) is 25.2. The molecule has 30 heavy (non-hydrogen) atoms. The van der Waals surface area contributed by atoms with Crippen molar-refractivity contribution < 1.29 is 9.47 Å². The topological polar surface area (TPSA) is 46.1 Å². The molecule has 5 nitrogen and oxygen atoms in total. The molecule has 0 bridgehead atoms. The van der Waals surface area contributed by atoms with Crippen molar-refractivity contribution >= 4 is 5.71 Å². The van der Waals surface area contributed by atoms with E-state index < -0.39 is 0 Å². The second-order valence-corrected chi connectivity index (χ2v) is 8.50. The first-order valence-corrected chi connectivity index (χ1v) is 10.9. The molecular formula is C25H33N3O2. The van der Waals surface area contributed by atoms with Crippen LogP contribution in [0.1, 0.15) is 36.8 Å². The van der Waals surface area contributed by atoms with Crippen LogP contribution < -0.4 is 14.9 Å². The van der Waals surface area contributed by atoms with Crippen molar-refractivity contribution in [1.29, 1.82) is 0 Å². The highest BCUT2D eigenvalue weighted by atomic mass is 16.5. The molecule has 0 radical (unpaired) electrons. The molecule has 1 aliphatic carbocycles. The molecule has 0 spiro atoms. The summed E-state index contributed by atoms with van der Waals surface area (Å²) in [7, 11) is 5.65. The number of hydrogen-bond donors (Lipinski definition) is 1. The summed E-state index contributed by atoms with van der Waals surface area (Å²) in [5.74, 6) is 1.61. The Morgan fingerprint density at radius 3 is 2.63 bits per heavy atom. The molecule has 2 aromatic carbocycles. The third kappa shape index (κ3) is 4.04. The van der Waals surface area contributed by atoms with Gasteiger partial charge in [0.05, 0.1) is 14.2 Å². The Labute approximate surface area is 180 Å². The van der Waals surface area contributed by atoms with Gasteiger partial charge in [0.1, 0.15) is 0 Å². The molecule has 2 aliphatic rings. The summed E-state index contributed by atoms with van der Waals surface area (Å²) in [6, 6.07) is 17.5. The molecule has 2 atom stereocenters. The number of fused-ring (bicyclic) bond motifs is 1. The molecule has 160 valence electrons. The number of ether oxygens (including phenoxy) is 2. The lowest BCUT2D eigenvalue weighted by molar-refractivity contribution is 0.226. The second-order valence-electron chi connectivity index (χ2n) is 8.50. The van der Waals surface area contributed by atoms with E-state index in [2.05, 4.69) is 59.8 Å². The molecule has 1 heterocycles. The van der Waals surface area contributed by atoms with Crippen LogP contribution in [0.25, 0.3) is 0 Å². The van der Waals surface area contributed by atoms with Crippen LogP contribution in [-0.2, 0) is 11.8 Å². The Bertz CT molecular complexity index is 883. The van der Waals surface area contributed by atoms with Crippen LogP contribution in [0, 0.1) is 0 Å².